The van der Waals surface area contributed by atoms with Gasteiger partial charge in [0.05, 0.1) is 0 Å². The Morgan fingerprint density at radius 3 is 2.12 bits per heavy atom. The van der Waals surface area contributed by atoms with Crippen LogP contribution < -0.4 is 0 Å². The van der Waals surface area contributed by atoms with Crippen LogP contribution in [0.5, 0.6) is 0 Å². The Labute approximate surface area is 106 Å². The van der Waals surface area contributed by atoms with Crippen molar-refractivity contribution in [1.82, 2.24) is 0 Å². The van der Waals surface area contributed by atoms with Crippen LogP contribution in [0, 0.1) is 5.41 Å². The summed E-state index contributed by atoms with van der Waals surface area (Å²) in [5.41, 5.74) is 2.40. The molecule has 0 saturated heterocycles. The largest absolute Gasteiger partial charge is 0.0648 e. The molecule has 0 heteroatoms. The van der Waals surface area contributed by atoms with Crippen LogP contribution in [-0.4, -0.2) is 0 Å². The highest BCUT2D eigenvalue weighted by atomic mass is 14.5. The van der Waals surface area contributed by atoms with E-state index in [1.807, 2.05) is 0 Å². The Morgan fingerprint density at radius 1 is 1.00 bits per heavy atom. The monoisotopic (exact) mass is 230 g/mol. The lowest BCUT2D eigenvalue weighted by atomic mass is 9.54. The summed E-state index contributed by atoms with van der Waals surface area (Å²) in [7, 11) is 0. The summed E-state index contributed by atoms with van der Waals surface area (Å²) in [6.45, 7) is 7.27. The van der Waals surface area contributed by atoms with E-state index in [0.29, 0.717) is 10.8 Å². The number of hydrogen-bond donors (Lipinski definition) is 0. The van der Waals surface area contributed by atoms with Gasteiger partial charge in [-0.2, -0.15) is 0 Å². The quantitative estimate of drug-likeness (QED) is 0.659. The second kappa shape index (κ2) is 4.84. The van der Waals surface area contributed by atoms with E-state index in [9.17, 15) is 0 Å². The molecule has 1 aromatic rings. The van der Waals surface area contributed by atoms with Gasteiger partial charge in [0.2, 0.25) is 0 Å². The fraction of sp³-hybridized carbons (Fsp3) is 0.647. The Balaban J connectivity index is 2.44. The molecule has 17 heavy (non-hydrogen) atoms. The van der Waals surface area contributed by atoms with E-state index in [1.165, 1.54) is 38.5 Å². The summed E-state index contributed by atoms with van der Waals surface area (Å²) < 4.78 is 0. The normalized spacial score (nSPS) is 20.2. The molecule has 0 N–H and O–H groups in total. The van der Waals surface area contributed by atoms with Crippen LogP contribution in [0.25, 0.3) is 0 Å². The summed E-state index contributed by atoms with van der Waals surface area (Å²) in [5, 5.41) is 0. The lowest BCUT2D eigenvalue weighted by Crippen LogP contribution is -2.43. The fourth-order valence-corrected chi connectivity index (χ4v) is 3.61. The maximum absolute atomic E-state index is 2.46. The van der Waals surface area contributed by atoms with E-state index in [2.05, 4.69) is 51.1 Å². The van der Waals surface area contributed by atoms with Crippen LogP contribution in [0.2, 0.25) is 0 Å². The van der Waals surface area contributed by atoms with Crippen molar-refractivity contribution in [2.75, 3.05) is 0 Å². The van der Waals surface area contributed by atoms with Crippen LogP contribution in [0.3, 0.4) is 0 Å². The molecule has 0 aliphatic heterocycles. The third-order valence-electron chi connectivity index (χ3n) is 5.21. The number of hydrogen-bond acceptors (Lipinski definition) is 0. The zero-order valence-corrected chi connectivity index (χ0v) is 11.6. The first-order chi connectivity index (χ1) is 8.12. The van der Waals surface area contributed by atoms with Crippen LogP contribution in [0.4, 0.5) is 0 Å². The lowest BCUT2D eigenvalue weighted by Gasteiger charge is -2.50. The number of rotatable bonds is 3. The zero-order chi connectivity index (χ0) is 12.4. The Bertz CT molecular complexity index is 342. The molecule has 1 aliphatic carbocycles. The van der Waals surface area contributed by atoms with Gasteiger partial charge in [-0.25, -0.2) is 0 Å². The first-order valence-electron chi connectivity index (χ1n) is 7.18. The minimum Gasteiger partial charge on any atom is -0.0648 e. The van der Waals surface area contributed by atoms with E-state index in [-0.39, 0.29) is 0 Å². The fourth-order valence-electron chi connectivity index (χ4n) is 3.61. The average Bonchev–Trinajstić information content (AvgIpc) is 2.40. The Morgan fingerprint density at radius 2 is 1.59 bits per heavy atom. The van der Waals surface area contributed by atoms with E-state index < -0.39 is 0 Å². The molecule has 2 rings (SSSR count). The lowest BCUT2D eigenvalue weighted by molar-refractivity contribution is 0.103. The molecule has 1 aliphatic rings. The molecule has 1 aromatic carbocycles. The van der Waals surface area contributed by atoms with Crippen LogP contribution in [-0.2, 0) is 5.41 Å². The highest BCUT2D eigenvalue weighted by molar-refractivity contribution is 5.29. The highest BCUT2D eigenvalue weighted by Gasteiger charge is 2.45. The summed E-state index contributed by atoms with van der Waals surface area (Å²) in [4.78, 5) is 0. The van der Waals surface area contributed by atoms with Gasteiger partial charge in [-0.15, -0.1) is 0 Å². The summed E-state index contributed by atoms with van der Waals surface area (Å²) >= 11 is 0. The molecule has 0 amide bonds. The minimum atomic E-state index is 0.411. The van der Waals surface area contributed by atoms with Gasteiger partial charge in [0.1, 0.15) is 0 Å². The van der Waals surface area contributed by atoms with E-state index in [4.69, 9.17) is 0 Å². The molecule has 94 valence electrons. The van der Waals surface area contributed by atoms with Gasteiger partial charge in [-0.05, 0) is 23.8 Å². The Kier molecular flexibility index (Phi) is 3.61. The van der Waals surface area contributed by atoms with Crippen molar-refractivity contribution in [2.24, 2.45) is 5.41 Å². The van der Waals surface area contributed by atoms with Crippen molar-refractivity contribution in [2.45, 2.75) is 64.7 Å². The highest BCUT2D eigenvalue weighted by Crippen LogP contribution is 2.52. The van der Waals surface area contributed by atoms with Gasteiger partial charge in [0.25, 0.3) is 0 Å². The van der Waals surface area contributed by atoms with Gasteiger partial charge in [-0.1, -0.05) is 76.8 Å². The number of benzene rings is 1. The summed E-state index contributed by atoms with van der Waals surface area (Å²) in [5.74, 6) is 0. The third kappa shape index (κ3) is 2.14. The predicted octanol–water partition coefficient (Wildman–Crippen LogP) is 5.32. The standard InChI is InChI=1S/C17H26/c1-4-16(2,3)17(13-9-6-10-14-17)15-11-7-5-8-12-15/h5,7-8,11-12H,4,6,9-10,13-14H2,1-3H3. The molecular weight excluding hydrogens is 204 g/mol. The van der Waals surface area contributed by atoms with Gasteiger partial charge < -0.3 is 0 Å². The van der Waals surface area contributed by atoms with E-state index in [1.54, 1.807) is 5.56 Å². The second-order valence-electron chi connectivity index (χ2n) is 6.25. The van der Waals surface area contributed by atoms with Crippen molar-refractivity contribution in [3.05, 3.63) is 35.9 Å². The van der Waals surface area contributed by atoms with E-state index >= 15 is 0 Å². The molecule has 0 aromatic heterocycles. The smallest absolute Gasteiger partial charge is 0.000401 e. The maximum atomic E-state index is 2.46. The molecule has 0 unspecified atom stereocenters. The molecule has 0 heterocycles. The van der Waals surface area contributed by atoms with Crippen LogP contribution >= 0.6 is 0 Å². The zero-order valence-electron chi connectivity index (χ0n) is 11.6. The van der Waals surface area contributed by atoms with Gasteiger partial charge in [0.15, 0.2) is 0 Å². The first kappa shape index (κ1) is 12.7. The second-order valence-corrected chi connectivity index (χ2v) is 6.25. The van der Waals surface area contributed by atoms with Crippen molar-refractivity contribution < 1.29 is 0 Å². The molecule has 0 spiro atoms. The first-order valence-corrected chi connectivity index (χ1v) is 7.18. The van der Waals surface area contributed by atoms with Crippen molar-refractivity contribution >= 4 is 0 Å². The minimum absolute atomic E-state index is 0.411. The van der Waals surface area contributed by atoms with Crippen molar-refractivity contribution in [3.63, 3.8) is 0 Å². The van der Waals surface area contributed by atoms with Gasteiger partial charge in [0, 0.05) is 5.41 Å². The van der Waals surface area contributed by atoms with E-state index in [0.717, 1.165) is 0 Å². The molecule has 0 bridgehead atoms. The summed E-state index contributed by atoms with van der Waals surface area (Å²) in [6.07, 6.45) is 8.24. The van der Waals surface area contributed by atoms with Crippen molar-refractivity contribution in [1.29, 1.82) is 0 Å². The molecule has 0 nitrogen and oxygen atoms in total. The van der Waals surface area contributed by atoms with Gasteiger partial charge in [-0.3, -0.25) is 0 Å². The summed E-state index contributed by atoms with van der Waals surface area (Å²) in [6, 6.07) is 11.2. The van der Waals surface area contributed by atoms with Gasteiger partial charge >= 0.3 is 0 Å². The third-order valence-corrected chi connectivity index (χ3v) is 5.21. The topological polar surface area (TPSA) is 0 Å². The van der Waals surface area contributed by atoms with Crippen LogP contribution in [0.1, 0.15) is 64.9 Å². The molecule has 1 saturated carbocycles. The molecular formula is C17H26. The molecule has 0 atom stereocenters. The average molecular weight is 230 g/mol. The Hall–Kier alpha value is -0.780. The van der Waals surface area contributed by atoms with Crippen molar-refractivity contribution in [3.8, 4) is 0 Å². The molecule has 0 radical (unpaired) electrons. The SMILES string of the molecule is CCC(C)(C)C1(c2ccccc2)CCCCC1. The maximum Gasteiger partial charge on any atom is 0.000401 e. The predicted molar refractivity (Wildman–Crippen MR) is 75.3 cm³/mol. The molecule has 1 fully saturated rings. The van der Waals surface area contributed by atoms with Crippen LogP contribution in [0.15, 0.2) is 30.3 Å².